The Hall–Kier alpha value is -1.86. The maximum atomic E-state index is 11.4. The molecule has 100 valence electrons. The summed E-state index contributed by atoms with van der Waals surface area (Å²) in [6.45, 7) is 0. The summed E-state index contributed by atoms with van der Waals surface area (Å²) in [5.74, 6) is -1.02. The normalized spacial score (nSPS) is 11.5. The summed E-state index contributed by atoms with van der Waals surface area (Å²) < 4.78 is 27.6. The van der Waals surface area contributed by atoms with E-state index in [1.54, 1.807) is 0 Å². The average molecular weight is 302 g/mol. The quantitative estimate of drug-likeness (QED) is 0.932. The predicted molar refractivity (Wildman–Crippen MR) is 67.0 cm³/mol. The van der Waals surface area contributed by atoms with Gasteiger partial charge in [-0.1, -0.05) is 16.8 Å². The number of benzene rings is 1. The summed E-state index contributed by atoms with van der Waals surface area (Å²) in [6.07, 6.45) is 1.05. The van der Waals surface area contributed by atoms with Crippen molar-refractivity contribution in [3.8, 4) is 11.3 Å². The lowest BCUT2D eigenvalue weighted by molar-refractivity contribution is 0.0686. The number of nitrogens with zero attached hydrogens (tertiary/aromatic N) is 1. The smallest absolute Gasteiger partial charge is 0.358 e. The zero-order valence-corrected chi connectivity index (χ0v) is 11.2. The molecule has 2 aromatic rings. The van der Waals surface area contributed by atoms with E-state index in [1.807, 2.05) is 0 Å². The van der Waals surface area contributed by atoms with E-state index in [0.29, 0.717) is 5.56 Å². The Labute approximate surface area is 113 Å². The highest BCUT2D eigenvalue weighted by atomic mass is 35.5. The molecule has 0 radical (unpaired) electrons. The van der Waals surface area contributed by atoms with Crippen LogP contribution in [0.1, 0.15) is 10.5 Å². The molecule has 19 heavy (non-hydrogen) atoms. The van der Waals surface area contributed by atoms with Crippen LogP contribution in [0.4, 0.5) is 0 Å². The summed E-state index contributed by atoms with van der Waals surface area (Å²) >= 11 is 5.88. The minimum absolute atomic E-state index is 0.00381. The van der Waals surface area contributed by atoms with E-state index in [0.717, 1.165) is 6.26 Å². The highest BCUT2D eigenvalue weighted by molar-refractivity contribution is 7.90. The average Bonchev–Trinajstić information content (AvgIpc) is 2.76. The molecule has 0 saturated heterocycles. The molecule has 0 aliphatic rings. The summed E-state index contributed by atoms with van der Waals surface area (Å²) in [5, 5.41) is 12.1. The van der Waals surface area contributed by atoms with E-state index in [1.165, 1.54) is 24.3 Å². The second-order valence-corrected chi connectivity index (χ2v) is 6.19. The summed E-state index contributed by atoms with van der Waals surface area (Å²) in [5.41, 5.74) is 0.204. The molecule has 0 fully saturated rings. The van der Waals surface area contributed by atoms with Gasteiger partial charge >= 0.3 is 5.97 Å². The van der Waals surface area contributed by atoms with Gasteiger partial charge in [0, 0.05) is 17.9 Å². The molecule has 8 heteroatoms. The van der Waals surface area contributed by atoms with Gasteiger partial charge in [-0.05, 0) is 18.2 Å². The van der Waals surface area contributed by atoms with Crippen molar-refractivity contribution in [1.29, 1.82) is 0 Å². The molecule has 1 heterocycles. The Bertz CT molecular complexity index is 750. The Morgan fingerprint density at radius 2 is 2.05 bits per heavy atom. The maximum Gasteiger partial charge on any atom is 0.358 e. The minimum Gasteiger partial charge on any atom is -0.476 e. The number of hydrogen-bond donors (Lipinski definition) is 1. The first kappa shape index (κ1) is 13.6. The van der Waals surface area contributed by atoms with Crippen LogP contribution >= 0.6 is 11.6 Å². The molecule has 1 aromatic carbocycles. The Balaban J connectivity index is 2.47. The van der Waals surface area contributed by atoms with Crippen LogP contribution in [0.3, 0.4) is 0 Å². The van der Waals surface area contributed by atoms with E-state index in [2.05, 4.69) is 5.16 Å². The number of hydrogen-bond acceptors (Lipinski definition) is 5. The van der Waals surface area contributed by atoms with Crippen molar-refractivity contribution in [3.63, 3.8) is 0 Å². The SMILES string of the molecule is CS(=O)(=O)c1ccc(-c2cc(C(=O)O)no2)cc1Cl. The first-order valence-corrected chi connectivity index (χ1v) is 7.26. The zero-order chi connectivity index (χ0) is 14.2. The fraction of sp³-hybridized carbons (Fsp3) is 0.0909. The molecule has 0 bridgehead atoms. The highest BCUT2D eigenvalue weighted by Crippen LogP contribution is 2.28. The molecule has 2 rings (SSSR count). The third kappa shape index (κ3) is 2.77. The van der Waals surface area contributed by atoms with Gasteiger partial charge in [-0.2, -0.15) is 0 Å². The molecule has 1 aromatic heterocycles. The number of sulfone groups is 1. The van der Waals surface area contributed by atoms with Crippen LogP contribution in [-0.2, 0) is 9.84 Å². The lowest BCUT2D eigenvalue weighted by atomic mass is 10.1. The third-order valence-corrected chi connectivity index (χ3v) is 3.92. The number of rotatable bonds is 3. The summed E-state index contributed by atoms with van der Waals surface area (Å²) in [4.78, 5) is 10.7. The molecular formula is C11H8ClNO5S. The largest absolute Gasteiger partial charge is 0.476 e. The number of carboxylic acids is 1. The van der Waals surface area contributed by atoms with Crippen molar-refractivity contribution < 1.29 is 22.8 Å². The van der Waals surface area contributed by atoms with E-state index >= 15 is 0 Å². The van der Waals surface area contributed by atoms with E-state index < -0.39 is 15.8 Å². The number of carboxylic acid groups (broad SMARTS) is 1. The second-order valence-electron chi connectivity index (χ2n) is 3.80. The van der Waals surface area contributed by atoms with Gasteiger partial charge in [0.05, 0.1) is 9.92 Å². The van der Waals surface area contributed by atoms with Crippen LogP contribution in [0, 0.1) is 0 Å². The molecule has 0 amide bonds. The van der Waals surface area contributed by atoms with Crippen LogP contribution in [0.15, 0.2) is 33.7 Å². The van der Waals surface area contributed by atoms with Gasteiger partial charge < -0.3 is 9.63 Å². The van der Waals surface area contributed by atoms with Crippen molar-refractivity contribution in [2.75, 3.05) is 6.26 Å². The minimum atomic E-state index is -3.41. The van der Waals surface area contributed by atoms with Crippen molar-refractivity contribution in [2.24, 2.45) is 0 Å². The van der Waals surface area contributed by atoms with Crippen LogP contribution in [0.2, 0.25) is 5.02 Å². The first-order chi connectivity index (χ1) is 8.79. The Morgan fingerprint density at radius 1 is 1.37 bits per heavy atom. The van der Waals surface area contributed by atoms with E-state index in [9.17, 15) is 13.2 Å². The maximum absolute atomic E-state index is 11.4. The standard InChI is InChI=1S/C11H8ClNO5S/c1-19(16,17)10-3-2-6(4-7(10)12)9-5-8(11(14)15)13-18-9/h2-5H,1H3,(H,14,15). The third-order valence-electron chi connectivity index (χ3n) is 2.35. The molecule has 0 atom stereocenters. The lowest BCUT2D eigenvalue weighted by Crippen LogP contribution is -1.97. The van der Waals surface area contributed by atoms with Gasteiger partial charge in [0.15, 0.2) is 21.3 Å². The monoisotopic (exact) mass is 301 g/mol. The number of aromatic nitrogens is 1. The Kier molecular flexibility index (Phi) is 3.34. The number of aromatic carboxylic acids is 1. The molecular weight excluding hydrogens is 294 g/mol. The lowest BCUT2D eigenvalue weighted by Gasteiger charge is -2.03. The van der Waals surface area contributed by atoms with Gasteiger partial charge in [0.2, 0.25) is 0 Å². The first-order valence-electron chi connectivity index (χ1n) is 4.99. The number of halogens is 1. The van der Waals surface area contributed by atoms with Gasteiger partial charge in [-0.25, -0.2) is 13.2 Å². The van der Waals surface area contributed by atoms with Gasteiger partial charge in [-0.3, -0.25) is 0 Å². The molecule has 0 aliphatic heterocycles. The molecule has 1 N–H and O–H groups in total. The van der Waals surface area contributed by atoms with Crippen molar-refractivity contribution in [1.82, 2.24) is 5.16 Å². The van der Waals surface area contributed by atoms with Crippen LogP contribution < -0.4 is 0 Å². The van der Waals surface area contributed by atoms with Crippen molar-refractivity contribution in [2.45, 2.75) is 4.90 Å². The van der Waals surface area contributed by atoms with E-state index in [4.69, 9.17) is 21.2 Å². The second kappa shape index (κ2) is 4.67. The van der Waals surface area contributed by atoms with Gasteiger partial charge in [-0.15, -0.1) is 0 Å². The van der Waals surface area contributed by atoms with Crippen LogP contribution in [0.5, 0.6) is 0 Å². The topological polar surface area (TPSA) is 97.5 Å². The molecule has 0 saturated carbocycles. The molecule has 6 nitrogen and oxygen atoms in total. The fourth-order valence-corrected chi connectivity index (χ4v) is 2.80. The van der Waals surface area contributed by atoms with Gasteiger partial charge in [0.1, 0.15) is 0 Å². The summed E-state index contributed by atoms with van der Waals surface area (Å²) in [7, 11) is -3.41. The molecule has 0 unspecified atom stereocenters. The van der Waals surface area contributed by atoms with Gasteiger partial charge in [0.25, 0.3) is 0 Å². The predicted octanol–water partition coefficient (Wildman–Crippen LogP) is 2.10. The molecule has 0 aliphatic carbocycles. The van der Waals surface area contributed by atoms with E-state index in [-0.39, 0.29) is 21.4 Å². The molecule has 0 spiro atoms. The van der Waals surface area contributed by atoms with Crippen molar-refractivity contribution in [3.05, 3.63) is 35.0 Å². The van der Waals surface area contributed by atoms with Crippen LogP contribution in [-0.4, -0.2) is 30.9 Å². The summed E-state index contributed by atoms with van der Waals surface area (Å²) in [6, 6.07) is 5.41. The van der Waals surface area contributed by atoms with Crippen LogP contribution in [0.25, 0.3) is 11.3 Å². The fourth-order valence-electron chi connectivity index (χ4n) is 1.47. The number of carbonyl (C=O) groups is 1. The zero-order valence-electron chi connectivity index (χ0n) is 9.62. The highest BCUT2D eigenvalue weighted by Gasteiger charge is 2.16. The Morgan fingerprint density at radius 3 is 2.53 bits per heavy atom. The van der Waals surface area contributed by atoms with Crippen molar-refractivity contribution >= 4 is 27.4 Å².